The van der Waals surface area contributed by atoms with Gasteiger partial charge in [0.25, 0.3) is 0 Å². The largest absolute Gasteiger partial charge is 0.468 e. The summed E-state index contributed by atoms with van der Waals surface area (Å²) in [4.78, 5) is 12.4. The van der Waals surface area contributed by atoms with Gasteiger partial charge in [-0.15, -0.1) is 11.6 Å². The molecule has 0 saturated heterocycles. The summed E-state index contributed by atoms with van der Waals surface area (Å²) in [5, 5.41) is 0. The van der Waals surface area contributed by atoms with Crippen LogP contribution in [0.3, 0.4) is 0 Å². The van der Waals surface area contributed by atoms with E-state index in [2.05, 4.69) is 0 Å². The van der Waals surface area contributed by atoms with Gasteiger partial charge in [0.05, 0.1) is 6.61 Å². The van der Waals surface area contributed by atoms with Crippen molar-refractivity contribution in [2.75, 3.05) is 19.3 Å². The van der Waals surface area contributed by atoms with E-state index in [-0.39, 0.29) is 12.6 Å². The van der Waals surface area contributed by atoms with Gasteiger partial charge in [0, 0.05) is 23.4 Å². The van der Waals surface area contributed by atoms with Crippen LogP contribution in [-0.4, -0.2) is 25.1 Å². The van der Waals surface area contributed by atoms with E-state index in [0.717, 1.165) is 34.4 Å². The van der Waals surface area contributed by atoms with E-state index in [1.54, 1.807) is 0 Å². The third kappa shape index (κ3) is 4.05. The summed E-state index contributed by atoms with van der Waals surface area (Å²) in [7, 11) is 0. The maximum Gasteiger partial charge on any atom is 0.189 e. The van der Waals surface area contributed by atoms with Crippen LogP contribution < -0.4 is 4.74 Å². The molecule has 0 spiro atoms. The van der Waals surface area contributed by atoms with Gasteiger partial charge >= 0.3 is 0 Å². The molecule has 1 aliphatic carbocycles. The lowest BCUT2D eigenvalue weighted by molar-refractivity contribution is 0.0159. The van der Waals surface area contributed by atoms with E-state index in [0.29, 0.717) is 18.9 Å². The quantitative estimate of drug-likeness (QED) is 0.322. The molecule has 2 aromatic rings. The number of ketones is 1. The highest BCUT2D eigenvalue weighted by Crippen LogP contribution is 2.28. The first-order chi connectivity index (χ1) is 11.8. The molecule has 0 fully saturated rings. The monoisotopic (exact) mass is 342 g/mol. The van der Waals surface area contributed by atoms with Crippen molar-refractivity contribution in [3.63, 3.8) is 0 Å². The Hall–Kier alpha value is -2.10. The van der Waals surface area contributed by atoms with Crippen LogP contribution in [0, 0.1) is 0 Å². The van der Waals surface area contributed by atoms with E-state index in [9.17, 15) is 4.79 Å². The standard InChI is InChI=1S/C20H19ClO3/c21-9-4-10-23-14-24-18-7-3-5-15(12-18)11-17-13-16-6-1-2-8-19(16)20(17)22/h1-3,5-8,11-12H,4,9-10,13-14H2/b17-11+. The van der Waals surface area contributed by atoms with E-state index < -0.39 is 0 Å². The lowest BCUT2D eigenvalue weighted by Crippen LogP contribution is -2.04. The minimum atomic E-state index is 0.112. The van der Waals surface area contributed by atoms with Crippen molar-refractivity contribution in [3.8, 4) is 5.75 Å². The number of benzene rings is 2. The van der Waals surface area contributed by atoms with Gasteiger partial charge in [0.15, 0.2) is 12.6 Å². The zero-order chi connectivity index (χ0) is 16.8. The van der Waals surface area contributed by atoms with Crippen molar-refractivity contribution >= 4 is 23.5 Å². The predicted molar refractivity (Wildman–Crippen MR) is 95.7 cm³/mol. The highest BCUT2D eigenvalue weighted by molar-refractivity contribution is 6.17. The Labute approximate surface area is 146 Å². The summed E-state index contributed by atoms with van der Waals surface area (Å²) in [6, 6.07) is 15.4. The van der Waals surface area contributed by atoms with Gasteiger partial charge in [0.2, 0.25) is 0 Å². The fourth-order valence-corrected chi connectivity index (χ4v) is 2.80. The first kappa shape index (κ1) is 16.7. The van der Waals surface area contributed by atoms with Crippen LogP contribution >= 0.6 is 11.6 Å². The highest BCUT2D eigenvalue weighted by Gasteiger charge is 2.23. The first-order valence-corrected chi connectivity index (χ1v) is 8.51. The maximum atomic E-state index is 12.4. The number of fused-ring (bicyclic) bond motifs is 1. The molecule has 0 aromatic heterocycles. The van der Waals surface area contributed by atoms with Gasteiger partial charge in [-0.05, 0) is 35.8 Å². The van der Waals surface area contributed by atoms with Crippen LogP contribution in [0.5, 0.6) is 5.75 Å². The van der Waals surface area contributed by atoms with Crippen molar-refractivity contribution in [1.82, 2.24) is 0 Å². The molecule has 24 heavy (non-hydrogen) atoms. The van der Waals surface area contributed by atoms with Crippen molar-refractivity contribution in [2.24, 2.45) is 0 Å². The van der Waals surface area contributed by atoms with Crippen molar-refractivity contribution < 1.29 is 14.3 Å². The lowest BCUT2D eigenvalue weighted by atomic mass is 10.1. The summed E-state index contributed by atoms with van der Waals surface area (Å²) < 4.78 is 10.9. The second-order valence-electron chi connectivity index (χ2n) is 5.62. The summed E-state index contributed by atoms with van der Waals surface area (Å²) >= 11 is 5.59. The molecule has 124 valence electrons. The molecule has 0 saturated carbocycles. The second kappa shape index (κ2) is 8.13. The van der Waals surface area contributed by atoms with Gasteiger partial charge in [-0.2, -0.15) is 0 Å². The summed E-state index contributed by atoms with van der Waals surface area (Å²) in [6.45, 7) is 0.779. The van der Waals surface area contributed by atoms with Crippen molar-refractivity contribution in [3.05, 3.63) is 70.8 Å². The van der Waals surface area contributed by atoms with Crippen LogP contribution in [0.15, 0.2) is 54.1 Å². The second-order valence-corrected chi connectivity index (χ2v) is 6.00. The van der Waals surface area contributed by atoms with Gasteiger partial charge < -0.3 is 9.47 Å². The van der Waals surface area contributed by atoms with E-state index >= 15 is 0 Å². The molecule has 0 atom stereocenters. The van der Waals surface area contributed by atoms with E-state index in [4.69, 9.17) is 21.1 Å². The molecule has 0 N–H and O–H groups in total. The molecule has 0 bridgehead atoms. The smallest absolute Gasteiger partial charge is 0.189 e. The summed E-state index contributed by atoms with van der Waals surface area (Å²) in [5.74, 6) is 1.42. The zero-order valence-electron chi connectivity index (χ0n) is 13.3. The molecule has 0 aliphatic heterocycles. The summed E-state index contributed by atoms with van der Waals surface area (Å²) in [5.41, 5.74) is 3.66. The van der Waals surface area contributed by atoms with Gasteiger partial charge in [-0.25, -0.2) is 0 Å². The Morgan fingerprint density at radius 1 is 1.12 bits per heavy atom. The average Bonchev–Trinajstić information content (AvgIpc) is 2.91. The van der Waals surface area contributed by atoms with E-state index in [1.807, 2.05) is 54.6 Å². The third-order valence-corrected chi connectivity index (χ3v) is 4.13. The number of Topliss-reactive ketones (excluding diaryl/α,β-unsaturated/α-hetero) is 1. The Balaban J connectivity index is 1.66. The number of hydrogen-bond acceptors (Lipinski definition) is 3. The number of carbonyl (C=O) groups excluding carboxylic acids is 1. The number of halogens is 1. The SMILES string of the molecule is O=C1/C(=C/c2cccc(OCOCCCCl)c2)Cc2ccccc21. The number of alkyl halides is 1. The average molecular weight is 343 g/mol. The molecule has 0 unspecified atom stereocenters. The molecule has 4 heteroatoms. The molecule has 2 aromatic carbocycles. The molecular weight excluding hydrogens is 324 g/mol. The van der Waals surface area contributed by atoms with E-state index in [1.165, 1.54) is 0 Å². The Morgan fingerprint density at radius 3 is 2.83 bits per heavy atom. The number of ether oxygens (including phenoxy) is 2. The van der Waals surface area contributed by atoms with Crippen LogP contribution in [-0.2, 0) is 11.2 Å². The van der Waals surface area contributed by atoms with Gasteiger partial charge in [0.1, 0.15) is 5.75 Å². The first-order valence-electron chi connectivity index (χ1n) is 7.97. The van der Waals surface area contributed by atoms with Crippen LogP contribution in [0.25, 0.3) is 6.08 Å². The van der Waals surface area contributed by atoms with Gasteiger partial charge in [-0.3, -0.25) is 4.79 Å². The number of rotatable bonds is 7. The minimum Gasteiger partial charge on any atom is -0.468 e. The lowest BCUT2D eigenvalue weighted by Gasteiger charge is -2.07. The fraction of sp³-hybridized carbons (Fsp3) is 0.250. The van der Waals surface area contributed by atoms with Crippen LogP contribution in [0.4, 0.5) is 0 Å². The Morgan fingerprint density at radius 2 is 2.00 bits per heavy atom. The maximum absolute atomic E-state index is 12.4. The van der Waals surface area contributed by atoms with Crippen molar-refractivity contribution in [1.29, 1.82) is 0 Å². The predicted octanol–water partition coefficient (Wildman–Crippen LogP) is 4.49. The topological polar surface area (TPSA) is 35.5 Å². The Kier molecular flexibility index (Phi) is 5.68. The van der Waals surface area contributed by atoms with Gasteiger partial charge in [-0.1, -0.05) is 36.4 Å². The Bertz CT molecular complexity index is 752. The molecule has 1 aliphatic rings. The van der Waals surface area contributed by atoms with Crippen LogP contribution in [0.2, 0.25) is 0 Å². The normalized spacial score (nSPS) is 14.9. The molecular formula is C20H19ClO3. The molecule has 0 radical (unpaired) electrons. The third-order valence-electron chi connectivity index (χ3n) is 3.86. The molecule has 0 heterocycles. The van der Waals surface area contributed by atoms with Crippen LogP contribution in [0.1, 0.15) is 27.9 Å². The molecule has 0 amide bonds. The number of allylic oxidation sites excluding steroid dienone is 1. The zero-order valence-corrected chi connectivity index (χ0v) is 14.1. The minimum absolute atomic E-state index is 0.112. The van der Waals surface area contributed by atoms with Crippen molar-refractivity contribution in [2.45, 2.75) is 12.8 Å². The molecule has 3 nitrogen and oxygen atoms in total. The number of hydrogen-bond donors (Lipinski definition) is 0. The summed E-state index contributed by atoms with van der Waals surface area (Å²) in [6.07, 6.45) is 3.42. The highest BCUT2D eigenvalue weighted by atomic mass is 35.5. The fourth-order valence-electron chi connectivity index (χ4n) is 2.69. The molecule has 3 rings (SSSR count). The number of carbonyl (C=O) groups is 1.